The number of anilines is 1. The SMILES string of the molecule is CC(C)c1cccc(C(C)C)c1NC(=S)NC1CCC(C(F)(F)F)CC1. The van der Waals surface area contributed by atoms with Gasteiger partial charge in [0.15, 0.2) is 5.11 Å². The fourth-order valence-electron chi connectivity index (χ4n) is 3.60. The molecule has 0 saturated heterocycles. The lowest BCUT2D eigenvalue weighted by atomic mass is 9.85. The highest BCUT2D eigenvalue weighted by molar-refractivity contribution is 7.80. The number of hydrogen-bond donors (Lipinski definition) is 2. The molecule has 2 N–H and O–H groups in total. The summed E-state index contributed by atoms with van der Waals surface area (Å²) in [4.78, 5) is 0. The monoisotopic (exact) mass is 386 g/mol. The van der Waals surface area contributed by atoms with Crippen LogP contribution in [-0.2, 0) is 0 Å². The number of benzene rings is 1. The third-order valence-corrected chi connectivity index (χ3v) is 5.36. The summed E-state index contributed by atoms with van der Waals surface area (Å²) in [7, 11) is 0. The van der Waals surface area contributed by atoms with E-state index in [1.165, 1.54) is 11.1 Å². The van der Waals surface area contributed by atoms with Crippen LogP contribution in [0, 0.1) is 5.92 Å². The second-order valence-corrected chi connectivity index (χ2v) is 8.22. The van der Waals surface area contributed by atoms with Crippen molar-refractivity contribution in [3.05, 3.63) is 29.3 Å². The number of hydrogen-bond acceptors (Lipinski definition) is 1. The minimum atomic E-state index is -4.08. The molecule has 0 bridgehead atoms. The molecule has 0 radical (unpaired) electrons. The minimum Gasteiger partial charge on any atom is -0.360 e. The number of thiocarbonyl (C=S) groups is 1. The summed E-state index contributed by atoms with van der Waals surface area (Å²) in [5.74, 6) is -0.473. The van der Waals surface area contributed by atoms with Crippen molar-refractivity contribution in [3.63, 3.8) is 0 Å². The normalized spacial score (nSPS) is 21.1. The first-order chi connectivity index (χ1) is 12.1. The highest BCUT2D eigenvalue weighted by Crippen LogP contribution is 2.37. The van der Waals surface area contributed by atoms with Crippen LogP contribution in [0.3, 0.4) is 0 Å². The highest BCUT2D eigenvalue weighted by Gasteiger charge is 2.41. The lowest BCUT2D eigenvalue weighted by Gasteiger charge is -2.31. The summed E-state index contributed by atoms with van der Waals surface area (Å²) in [5.41, 5.74) is 3.42. The van der Waals surface area contributed by atoms with Crippen LogP contribution in [-0.4, -0.2) is 17.3 Å². The zero-order chi connectivity index (χ0) is 19.5. The molecule has 0 aliphatic heterocycles. The van der Waals surface area contributed by atoms with Crippen molar-refractivity contribution in [2.24, 2.45) is 5.92 Å². The number of rotatable bonds is 4. The van der Waals surface area contributed by atoms with E-state index in [-0.39, 0.29) is 18.9 Å². The Morgan fingerprint density at radius 1 is 1.00 bits per heavy atom. The number of alkyl halides is 3. The maximum Gasteiger partial charge on any atom is 0.391 e. The van der Waals surface area contributed by atoms with Crippen molar-refractivity contribution in [1.29, 1.82) is 0 Å². The van der Waals surface area contributed by atoms with Crippen LogP contribution in [0.25, 0.3) is 0 Å². The standard InChI is InChI=1S/C20H29F3N2S/c1-12(2)16-6-5-7-17(13(3)4)18(16)25-19(26)24-15-10-8-14(9-11-15)20(21,22)23/h5-7,12-15H,8-11H2,1-4H3,(H2,24,25,26). The van der Waals surface area contributed by atoms with Crippen LogP contribution in [0.15, 0.2) is 18.2 Å². The molecule has 2 nitrogen and oxygen atoms in total. The van der Waals surface area contributed by atoms with E-state index < -0.39 is 12.1 Å². The van der Waals surface area contributed by atoms with Crippen LogP contribution < -0.4 is 10.6 Å². The predicted molar refractivity (Wildman–Crippen MR) is 106 cm³/mol. The van der Waals surface area contributed by atoms with Crippen LogP contribution in [0.4, 0.5) is 18.9 Å². The molecule has 1 aliphatic rings. The highest BCUT2D eigenvalue weighted by atomic mass is 32.1. The van der Waals surface area contributed by atoms with Gasteiger partial charge >= 0.3 is 6.18 Å². The van der Waals surface area contributed by atoms with E-state index in [1.54, 1.807) is 0 Å². The topological polar surface area (TPSA) is 24.1 Å². The third-order valence-electron chi connectivity index (χ3n) is 5.14. The van der Waals surface area contributed by atoms with Crippen molar-refractivity contribution in [2.75, 3.05) is 5.32 Å². The fourth-order valence-corrected chi connectivity index (χ4v) is 3.86. The van der Waals surface area contributed by atoms with Crippen LogP contribution in [0.1, 0.15) is 76.3 Å². The molecule has 0 amide bonds. The molecule has 1 aromatic carbocycles. The van der Waals surface area contributed by atoms with Gasteiger partial charge in [-0.2, -0.15) is 13.2 Å². The van der Waals surface area contributed by atoms with Crippen LogP contribution >= 0.6 is 12.2 Å². The zero-order valence-corrected chi connectivity index (χ0v) is 16.7. The Labute approximate surface area is 159 Å². The van der Waals surface area contributed by atoms with E-state index in [0.29, 0.717) is 29.8 Å². The van der Waals surface area contributed by atoms with Gasteiger partial charge < -0.3 is 10.6 Å². The number of nitrogens with one attached hydrogen (secondary N) is 2. The molecule has 0 unspecified atom stereocenters. The van der Waals surface area contributed by atoms with Gasteiger partial charge in [-0.3, -0.25) is 0 Å². The molecular weight excluding hydrogens is 357 g/mol. The summed E-state index contributed by atoms with van der Waals surface area (Å²) in [5, 5.41) is 7.05. The Hall–Kier alpha value is -1.30. The van der Waals surface area contributed by atoms with Gasteiger partial charge in [0.05, 0.1) is 5.92 Å². The molecule has 2 rings (SSSR count). The maximum absolute atomic E-state index is 12.8. The summed E-state index contributed by atoms with van der Waals surface area (Å²) in [6.07, 6.45) is -2.75. The molecule has 6 heteroatoms. The summed E-state index contributed by atoms with van der Waals surface area (Å²) >= 11 is 5.47. The van der Waals surface area contributed by atoms with E-state index >= 15 is 0 Å². The molecule has 1 aliphatic carbocycles. The van der Waals surface area contributed by atoms with Crippen molar-refractivity contribution < 1.29 is 13.2 Å². The second kappa shape index (κ2) is 8.59. The van der Waals surface area contributed by atoms with Crippen LogP contribution in [0.2, 0.25) is 0 Å². The third kappa shape index (κ3) is 5.35. The molecule has 146 valence electrons. The van der Waals surface area contributed by atoms with Gasteiger partial charge in [0.2, 0.25) is 0 Å². The predicted octanol–water partition coefficient (Wildman–Crippen LogP) is 6.34. The summed E-state index contributed by atoms with van der Waals surface area (Å²) in [6.45, 7) is 8.55. The molecule has 1 aromatic rings. The second-order valence-electron chi connectivity index (χ2n) is 7.81. The van der Waals surface area contributed by atoms with E-state index in [4.69, 9.17) is 12.2 Å². The van der Waals surface area contributed by atoms with Crippen molar-refractivity contribution >= 4 is 23.0 Å². The van der Waals surface area contributed by atoms with E-state index in [9.17, 15) is 13.2 Å². The molecule has 1 saturated carbocycles. The quantitative estimate of drug-likeness (QED) is 0.590. The smallest absolute Gasteiger partial charge is 0.360 e. The summed E-state index contributed by atoms with van der Waals surface area (Å²) < 4.78 is 38.4. The van der Waals surface area contributed by atoms with Gasteiger partial charge in [-0.25, -0.2) is 0 Å². The number of halogens is 3. The van der Waals surface area contributed by atoms with E-state index in [0.717, 1.165) is 5.69 Å². The molecule has 0 aromatic heterocycles. The molecule has 1 fully saturated rings. The molecule has 0 heterocycles. The average molecular weight is 387 g/mol. The van der Waals surface area contributed by atoms with Crippen molar-refractivity contribution in [3.8, 4) is 0 Å². The lowest BCUT2D eigenvalue weighted by molar-refractivity contribution is -0.182. The molecule has 26 heavy (non-hydrogen) atoms. The lowest BCUT2D eigenvalue weighted by Crippen LogP contribution is -2.42. The first-order valence-electron chi connectivity index (χ1n) is 9.36. The summed E-state index contributed by atoms with van der Waals surface area (Å²) in [6, 6.07) is 6.25. The average Bonchev–Trinajstić information content (AvgIpc) is 2.54. The Balaban J connectivity index is 2.03. The Bertz CT molecular complexity index is 592. The first-order valence-corrected chi connectivity index (χ1v) is 9.77. The Morgan fingerprint density at radius 3 is 1.92 bits per heavy atom. The molecular formula is C20H29F3N2S. The van der Waals surface area contributed by atoms with Gasteiger partial charge in [0.1, 0.15) is 0 Å². The Morgan fingerprint density at radius 2 is 1.50 bits per heavy atom. The number of para-hydroxylation sites is 1. The zero-order valence-electron chi connectivity index (χ0n) is 15.9. The fraction of sp³-hybridized carbons (Fsp3) is 0.650. The van der Waals surface area contributed by atoms with Gasteiger partial charge in [0.25, 0.3) is 0 Å². The van der Waals surface area contributed by atoms with Gasteiger partial charge in [-0.05, 0) is 60.9 Å². The van der Waals surface area contributed by atoms with Crippen molar-refractivity contribution in [1.82, 2.24) is 5.32 Å². The largest absolute Gasteiger partial charge is 0.391 e. The van der Waals surface area contributed by atoms with E-state index in [1.807, 2.05) is 0 Å². The van der Waals surface area contributed by atoms with E-state index in [2.05, 4.69) is 56.5 Å². The molecule has 0 atom stereocenters. The van der Waals surface area contributed by atoms with Gasteiger partial charge in [-0.1, -0.05) is 45.9 Å². The maximum atomic E-state index is 12.8. The minimum absolute atomic E-state index is 0.00214. The Kier molecular flexibility index (Phi) is 6.94. The first kappa shape index (κ1) is 21.0. The molecule has 0 spiro atoms. The van der Waals surface area contributed by atoms with Crippen molar-refractivity contribution in [2.45, 2.75) is 77.4 Å². The van der Waals surface area contributed by atoms with Gasteiger partial charge in [-0.15, -0.1) is 0 Å². The van der Waals surface area contributed by atoms with Crippen LogP contribution in [0.5, 0.6) is 0 Å². The van der Waals surface area contributed by atoms with Gasteiger partial charge in [0, 0.05) is 11.7 Å².